The molecule has 2 atom stereocenters. The Labute approximate surface area is 125 Å². The lowest BCUT2D eigenvalue weighted by Crippen LogP contribution is -2.42. The van der Waals surface area contributed by atoms with Crippen LogP contribution in [0.4, 0.5) is 4.39 Å². The van der Waals surface area contributed by atoms with Gasteiger partial charge < -0.3 is 9.84 Å². The Morgan fingerprint density at radius 1 is 1.50 bits per heavy atom. The van der Waals surface area contributed by atoms with E-state index in [1.165, 1.54) is 12.1 Å². The van der Waals surface area contributed by atoms with Crippen LogP contribution < -0.4 is 0 Å². The Balaban J connectivity index is 1.95. The molecule has 1 aliphatic heterocycles. The van der Waals surface area contributed by atoms with Gasteiger partial charge >= 0.3 is 5.97 Å². The third kappa shape index (κ3) is 2.37. The molecule has 1 aromatic carbocycles. The highest BCUT2D eigenvalue weighted by molar-refractivity contribution is 9.10. The highest BCUT2D eigenvalue weighted by Gasteiger charge is 2.55. The molecule has 0 bridgehead atoms. The second kappa shape index (κ2) is 5.11. The zero-order chi connectivity index (χ0) is 14.3. The van der Waals surface area contributed by atoms with Crippen LogP contribution in [-0.2, 0) is 16.0 Å². The minimum Gasteiger partial charge on any atom is -0.481 e. The SMILES string of the molecule is O=C(O)C1(Cc2cc(F)ccc2Br)CCOC1C1CC1. The largest absolute Gasteiger partial charge is 0.481 e. The van der Waals surface area contributed by atoms with Crippen LogP contribution in [0, 0.1) is 17.2 Å². The minimum absolute atomic E-state index is 0.241. The molecule has 1 heterocycles. The smallest absolute Gasteiger partial charge is 0.312 e. The molecule has 3 rings (SSSR count). The van der Waals surface area contributed by atoms with Crippen molar-refractivity contribution in [1.29, 1.82) is 0 Å². The number of rotatable bonds is 4. The average molecular weight is 343 g/mol. The van der Waals surface area contributed by atoms with Crippen molar-refractivity contribution in [2.45, 2.75) is 31.8 Å². The van der Waals surface area contributed by atoms with Gasteiger partial charge in [-0.25, -0.2) is 4.39 Å². The van der Waals surface area contributed by atoms with E-state index in [-0.39, 0.29) is 11.9 Å². The average Bonchev–Trinajstić information content (AvgIpc) is 3.15. The first-order valence-electron chi connectivity index (χ1n) is 6.82. The van der Waals surface area contributed by atoms with Gasteiger partial charge in [-0.2, -0.15) is 0 Å². The summed E-state index contributed by atoms with van der Waals surface area (Å²) in [5.41, 5.74) is -0.221. The lowest BCUT2D eigenvalue weighted by Gasteiger charge is -2.30. The van der Waals surface area contributed by atoms with E-state index in [1.54, 1.807) is 6.07 Å². The highest BCUT2D eigenvalue weighted by Crippen LogP contribution is 2.50. The summed E-state index contributed by atoms with van der Waals surface area (Å²) in [5.74, 6) is -0.824. The van der Waals surface area contributed by atoms with Gasteiger partial charge in [0.05, 0.1) is 6.10 Å². The lowest BCUT2D eigenvalue weighted by molar-refractivity contribution is -0.153. The number of hydrogen-bond donors (Lipinski definition) is 1. The number of carboxylic acids is 1. The number of carboxylic acid groups (broad SMARTS) is 1. The molecule has 20 heavy (non-hydrogen) atoms. The number of ether oxygens (including phenoxy) is 1. The first kappa shape index (κ1) is 14.0. The predicted octanol–water partition coefficient (Wildman–Crippen LogP) is 3.40. The number of carbonyl (C=O) groups is 1. The zero-order valence-corrected chi connectivity index (χ0v) is 12.5. The summed E-state index contributed by atoms with van der Waals surface area (Å²) >= 11 is 3.38. The van der Waals surface area contributed by atoms with E-state index in [4.69, 9.17) is 4.74 Å². The summed E-state index contributed by atoms with van der Waals surface area (Å²) in [6.45, 7) is 0.473. The second-order valence-electron chi connectivity index (χ2n) is 5.75. The molecule has 5 heteroatoms. The topological polar surface area (TPSA) is 46.5 Å². The Bertz CT molecular complexity index is 544. The molecular formula is C15H16BrFO3. The van der Waals surface area contributed by atoms with Crippen molar-refractivity contribution in [1.82, 2.24) is 0 Å². The van der Waals surface area contributed by atoms with E-state index in [2.05, 4.69) is 15.9 Å². The first-order chi connectivity index (χ1) is 9.53. The molecule has 1 aromatic rings. The van der Waals surface area contributed by atoms with Crippen LogP contribution in [-0.4, -0.2) is 23.8 Å². The Morgan fingerprint density at radius 2 is 2.25 bits per heavy atom. The third-order valence-electron chi connectivity index (χ3n) is 4.38. The van der Waals surface area contributed by atoms with Crippen LogP contribution in [0.15, 0.2) is 22.7 Å². The van der Waals surface area contributed by atoms with E-state index in [0.717, 1.165) is 17.3 Å². The zero-order valence-electron chi connectivity index (χ0n) is 10.9. The van der Waals surface area contributed by atoms with E-state index < -0.39 is 11.4 Å². The maximum absolute atomic E-state index is 13.4. The highest BCUT2D eigenvalue weighted by atomic mass is 79.9. The van der Waals surface area contributed by atoms with E-state index >= 15 is 0 Å². The maximum atomic E-state index is 13.4. The van der Waals surface area contributed by atoms with Gasteiger partial charge in [0.2, 0.25) is 0 Å². The lowest BCUT2D eigenvalue weighted by atomic mass is 9.74. The van der Waals surface area contributed by atoms with Crippen molar-refractivity contribution in [3.05, 3.63) is 34.1 Å². The molecule has 1 aliphatic carbocycles. The predicted molar refractivity (Wildman–Crippen MR) is 75.0 cm³/mol. The number of halogens is 2. The summed E-state index contributed by atoms with van der Waals surface area (Å²) in [6.07, 6.45) is 2.62. The molecule has 1 N–H and O–H groups in total. The van der Waals surface area contributed by atoms with Gasteiger partial charge in [0, 0.05) is 11.1 Å². The summed E-state index contributed by atoms with van der Waals surface area (Å²) in [7, 11) is 0. The van der Waals surface area contributed by atoms with Gasteiger partial charge in [0.15, 0.2) is 0 Å². The summed E-state index contributed by atoms with van der Waals surface area (Å²) in [4.78, 5) is 11.9. The monoisotopic (exact) mass is 342 g/mol. The van der Waals surface area contributed by atoms with Crippen LogP contribution in [0.3, 0.4) is 0 Å². The molecule has 108 valence electrons. The van der Waals surface area contributed by atoms with Crippen LogP contribution in [0.2, 0.25) is 0 Å². The number of hydrogen-bond acceptors (Lipinski definition) is 2. The van der Waals surface area contributed by atoms with E-state index in [0.29, 0.717) is 30.9 Å². The standard InChI is InChI=1S/C15H16BrFO3/c16-12-4-3-11(17)7-10(12)8-15(14(18)19)5-6-20-13(15)9-1-2-9/h3-4,7,9,13H,1-2,5-6,8H2,(H,18,19). The van der Waals surface area contributed by atoms with Crippen LogP contribution in [0.5, 0.6) is 0 Å². The quantitative estimate of drug-likeness (QED) is 0.912. The van der Waals surface area contributed by atoms with Crippen LogP contribution in [0.25, 0.3) is 0 Å². The minimum atomic E-state index is -0.919. The molecule has 1 saturated heterocycles. The molecule has 2 fully saturated rings. The van der Waals surface area contributed by atoms with Crippen molar-refractivity contribution in [2.75, 3.05) is 6.61 Å². The van der Waals surface area contributed by atoms with Crippen molar-refractivity contribution in [2.24, 2.45) is 11.3 Å². The second-order valence-corrected chi connectivity index (χ2v) is 6.61. The Hall–Kier alpha value is -0.940. The molecule has 2 aliphatic rings. The molecule has 2 unspecified atom stereocenters. The summed E-state index contributed by atoms with van der Waals surface area (Å²) in [6, 6.07) is 4.41. The molecular weight excluding hydrogens is 327 g/mol. The van der Waals surface area contributed by atoms with Gasteiger partial charge in [-0.15, -0.1) is 0 Å². The van der Waals surface area contributed by atoms with E-state index in [9.17, 15) is 14.3 Å². The Morgan fingerprint density at radius 3 is 2.90 bits per heavy atom. The first-order valence-corrected chi connectivity index (χ1v) is 7.61. The van der Waals surface area contributed by atoms with Gasteiger partial charge in [-0.05, 0) is 55.4 Å². The molecule has 0 radical (unpaired) electrons. The van der Waals surface area contributed by atoms with Gasteiger partial charge in [0.1, 0.15) is 11.2 Å². The molecule has 0 aromatic heterocycles. The normalized spacial score (nSPS) is 29.6. The van der Waals surface area contributed by atoms with E-state index in [1.807, 2.05) is 0 Å². The van der Waals surface area contributed by atoms with Gasteiger partial charge in [-0.3, -0.25) is 4.79 Å². The van der Waals surface area contributed by atoms with Crippen molar-refractivity contribution < 1.29 is 19.0 Å². The van der Waals surface area contributed by atoms with Gasteiger partial charge in [0.25, 0.3) is 0 Å². The van der Waals surface area contributed by atoms with Gasteiger partial charge in [-0.1, -0.05) is 15.9 Å². The summed E-state index contributed by atoms with van der Waals surface area (Å²) < 4.78 is 19.9. The van der Waals surface area contributed by atoms with Crippen molar-refractivity contribution in [3.63, 3.8) is 0 Å². The fraction of sp³-hybridized carbons (Fsp3) is 0.533. The van der Waals surface area contributed by atoms with Crippen LogP contribution in [0.1, 0.15) is 24.8 Å². The van der Waals surface area contributed by atoms with Crippen molar-refractivity contribution >= 4 is 21.9 Å². The number of aliphatic carboxylic acids is 1. The molecule has 0 amide bonds. The molecule has 1 saturated carbocycles. The van der Waals surface area contributed by atoms with Crippen LogP contribution >= 0.6 is 15.9 Å². The Kier molecular flexibility index (Phi) is 3.58. The molecule has 3 nitrogen and oxygen atoms in total. The maximum Gasteiger partial charge on any atom is 0.312 e. The molecule has 0 spiro atoms. The fourth-order valence-corrected chi connectivity index (χ4v) is 3.55. The summed E-state index contributed by atoms with van der Waals surface area (Å²) in [5, 5.41) is 9.74. The number of benzene rings is 1. The fourth-order valence-electron chi connectivity index (χ4n) is 3.17. The third-order valence-corrected chi connectivity index (χ3v) is 5.15. The van der Waals surface area contributed by atoms with Crippen molar-refractivity contribution in [3.8, 4) is 0 Å².